The standard InChI is InChI=1S/C15H18N2O5/c1-21-8-2-7-16-14(19)6-5-12(18)10-3-4-11-13(9-10)22-15(20)17-11/h3-4,9H,2,5-8H2,1H3,(H,16,19)(H,17,20). The van der Waals surface area contributed by atoms with Crippen molar-refractivity contribution in [2.45, 2.75) is 19.3 Å². The third-order valence-electron chi connectivity index (χ3n) is 3.17. The number of fused-ring (bicyclic) bond motifs is 1. The fourth-order valence-electron chi connectivity index (χ4n) is 2.02. The first-order valence-corrected chi connectivity index (χ1v) is 7.02. The zero-order chi connectivity index (χ0) is 15.9. The quantitative estimate of drug-likeness (QED) is 0.564. The van der Waals surface area contributed by atoms with E-state index in [0.717, 1.165) is 6.42 Å². The molecular formula is C15H18N2O5. The topological polar surface area (TPSA) is 101 Å². The van der Waals surface area contributed by atoms with Gasteiger partial charge in [-0.2, -0.15) is 0 Å². The molecule has 0 saturated heterocycles. The van der Waals surface area contributed by atoms with Gasteiger partial charge in [0.05, 0.1) is 5.52 Å². The molecule has 1 amide bonds. The molecule has 2 N–H and O–H groups in total. The Balaban J connectivity index is 1.85. The van der Waals surface area contributed by atoms with Crippen molar-refractivity contribution >= 4 is 22.8 Å². The molecular weight excluding hydrogens is 288 g/mol. The molecule has 7 nitrogen and oxygen atoms in total. The number of methoxy groups -OCH3 is 1. The molecule has 0 unspecified atom stereocenters. The van der Waals surface area contributed by atoms with Crippen LogP contribution in [-0.2, 0) is 9.53 Å². The van der Waals surface area contributed by atoms with E-state index in [9.17, 15) is 14.4 Å². The summed E-state index contributed by atoms with van der Waals surface area (Å²) in [5.74, 6) is -0.897. The molecule has 0 spiro atoms. The Bertz CT molecular complexity index is 716. The number of rotatable bonds is 8. The highest BCUT2D eigenvalue weighted by molar-refractivity contribution is 6.00. The second-order valence-corrected chi connectivity index (χ2v) is 4.84. The van der Waals surface area contributed by atoms with Crippen molar-refractivity contribution in [2.24, 2.45) is 0 Å². The summed E-state index contributed by atoms with van der Waals surface area (Å²) in [6.07, 6.45) is 0.969. The molecule has 0 aliphatic heterocycles. The number of aromatic amines is 1. The Hall–Kier alpha value is -2.41. The fraction of sp³-hybridized carbons (Fsp3) is 0.400. The summed E-state index contributed by atoms with van der Waals surface area (Å²) in [5.41, 5.74) is 1.29. The van der Waals surface area contributed by atoms with E-state index >= 15 is 0 Å². The van der Waals surface area contributed by atoms with Gasteiger partial charge in [0.1, 0.15) is 0 Å². The molecule has 1 aromatic heterocycles. The number of nitrogens with one attached hydrogen (secondary N) is 2. The molecule has 0 atom stereocenters. The summed E-state index contributed by atoms with van der Waals surface area (Å²) >= 11 is 0. The lowest BCUT2D eigenvalue weighted by Crippen LogP contribution is -2.25. The molecule has 2 rings (SSSR count). The molecule has 0 radical (unpaired) electrons. The third kappa shape index (κ3) is 4.29. The van der Waals surface area contributed by atoms with Crippen molar-refractivity contribution in [3.8, 4) is 0 Å². The second kappa shape index (κ2) is 7.56. The van der Waals surface area contributed by atoms with Crippen LogP contribution < -0.4 is 11.1 Å². The van der Waals surface area contributed by atoms with Gasteiger partial charge in [-0.25, -0.2) is 4.79 Å². The highest BCUT2D eigenvalue weighted by atomic mass is 16.5. The maximum Gasteiger partial charge on any atom is 0.417 e. The summed E-state index contributed by atoms with van der Waals surface area (Å²) < 4.78 is 9.78. The highest BCUT2D eigenvalue weighted by Crippen LogP contribution is 2.14. The minimum atomic E-state index is -0.560. The minimum absolute atomic E-state index is 0.107. The molecule has 0 aliphatic carbocycles. The van der Waals surface area contributed by atoms with Crippen molar-refractivity contribution in [1.82, 2.24) is 10.3 Å². The van der Waals surface area contributed by atoms with Gasteiger partial charge in [0.25, 0.3) is 0 Å². The largest absolute Gasteiger partial charge is 0.417 e. The number of Topliss-reactive ketones (excluding diaryl/α,β-unsaturated/α-hetero) is 1. The predicted octanol–water partition coefficient (Wildman–Crippen LogP) is 1.24. The Morgan fingerprint density at radius 2 is 2.14 bits per heavy atom. The van der Waals surface area contributed by atoms with E-state index in [1.54, 1.807) is 19.2 Å². The summed E-state index contributed by atoms with van der Waals surface area (Å²) in [7, 11) is 1.60. The Labute approximate surface area is 126 Å². The third-order valence-corrected chi connectivity index (χ3v) is 3.17. The molecule has 7 heteroatoms. The lowest BCUT2D eigenvalue weighted by molar-refractivity contribution is -0.121. The average Bonchev–Trinajstić information content (AvgIpc) is 2.88. The summed E-state index contributed by atoms with van der Waals surface area (Å²) in [6.45, 7) is 1.11. The molecule has 2 aromatic rings. The molecule has 0 fully saturated rings. The van der Waals surface area contributed by atoms with Gasteiger partial charge in [0.15, 0.2) is 11.4 Å². The Morgan fingerprint density at radius 3 is 2.91 bits per heavy atom. The number of H-pyrrole nitrogens is 1. The lowest BCUT2D eigenvalue weighted by atomic mass is 10.1. The van der Waals surface area contributed by atoms with Crippen molar-refractivity contribution in [2.75, 3.05) is 20.3 Å². The van der Waals surface area contributed by atoms with Crippen LogP contribution in [-0.4, -0.2) is 36.9 Å². The maximum atomic E-state index is 12.0. The van der Waals surface area contributed by atoms with Crippen LogP contribution in [0.2, 0.25) is 0 Å². The number of carbonyl (C=O) groups excluding carboxylic acids is 2. The zero-order valence-electron chi connectivity index (χ0n) is 12.3. The number of carbonyl (C=O) groups is 2. The van der Waals surface area contributed by atoms with E-state index in [4.69, 9.17) is 9.15 Å². The summed E-state index contributed by atoms with van der Waals surface area (Å²) in [5, 5.41) is 2.72. The number of hydrogen-bond acceptors (Lipinski definition) is 5. The molecule has 1 heterocycles. The number of benzene rings is 1. The number of ketones is 1. The van der Waals surface area contributed by atoms with Crippen LogP contribution in [0.15, 0.2) is 27.4 Å². The van der Waals surface area contributed by atoms with Gasteiger partial charge in [-0.3, -0.25) is 14.6 Å². The normalized spacial score (nSPS) is 10.8. The Morgan fingerprint density at radius 1 is 1.32 bits per heavy atom. The first-order chi connectivity index (χ1) is 10.6. The van der Waals surface area contributed by atoms with E-state index in [-0.39, 0.29) is 24.5 Å². The smallest absolute Gasteiger partial charge is 0.408 e. The van der Waals surface area contributed by atoms with Crippen LogP contribution in [0.25, 0.3) is 11.1 Å². The molecule has 118 valence electrons. The van der Waals surface area contributed by atoms with Crippen molar-refractivity contribution in [1.29, 1.82) is 0 Å². The van der Waals surface area contributed by atoms with Gasteiger partial charge >= 0.3 is 5.76 Å². The van der Waals surface area contributed by atoms with Gasteiger partial charge in [-0.05, 0) is 24.6 Å². The number of aromatic nitrogens is 1. The first-order valence-electron chi connectivity index (χ1n) is 7.02. The van der Waals surface area contributed by atoms with Crippen molar-refractivity contribution < 1.29 is 18.7 Å². The maximum absolute atomic E-state index is 12.0. The van der Waals surface area contributed by atoms with E-state index in [0.29, 0.717) is 29.8 Å². The van der Waals surface area contributed by atoms with Crippen molar-refractivity contribution in [3.63, 3.8) is 0 Å². The van der Waals surface area contributed by atoms with E-state index in [2.05, 4.69) is 10.3 Å². The van der Waals surface area contributed by atoms with Crippen LogP contribution in [0.5, 0.6) is 0 Å². The number of ether oxygens (including phenoxy) is 1. The second-order valence-electron chi connectivity index (χ2n) is 4.84. The number of oxazole rings is 1. The molecule has 0 aliphatic rings. The van der Waals surface area contributed by atoms with Gasteiger partial charge in [-0.15, -0.1) is 0 Å². The van der Waals surface area contributed by atoms with E-state index < -0.39 is 5.76 Å². The van der Waals surface area contributed by atoms with Gasteiger partial charge < -0.3 is 14.5 Å². The van der Waals surface area contributed by atoms with Crippen LogP contribution in [0.4, 0.5) is 0 Å². The van der Waals surface area contributed by atoms with Gasteiger partial charge in [0, 0.05) is 38.7 Å². The SMILES string of the molecule is COCCCNC(=O)CCC(=O)c1ccc2[nH]c(=O)oc2c1. The van der Waals surface area contributed by atoms with Crippen LogP contribution in [0, 0.1) is 0 Å². The lowest BCUT2D eigenvalue weighted by Gasteiger charge is -2.04. The van der Waals surface area contributed by atoms with Crippen LogP contribution >= 0.6 is 0 Å². The Kier molecular flexibility index (Phi) is 5.48. The van der Waals surface area contributed by atoms with Crippen LogP contribution in [0.1, 0.15) is 29.6 Å². The molecule has 0 bridgehead atoms. The van der Waals surface area contributed by atoms with E-state index in [1.165, 1.54) is 6.07 Å². The van der Waals surface area contributed by atoms with Gasteiger partial charge in [-0.1, -0.05) is 0 Å². The summed E-state index contributed by atoms with van der Waals surface area (Å²) in [4.78, 5) is 37.2. The first kappa shape index (κ1) is 16.0. The van der Waals surface area contributed by atoms with Gasteiger partial charge in [0.2, 0.25) is 5.91 Å². The monoisotopic (exact) mass is 306 g/mol. The average molecular weight is 306 g/mol. The highest BCUT2D eigenvalue weighted by Gasteiger charge is 2.11. The van der Waals surface area contributed by atoms with Crippen LogP contribution in [0.3, 0.4) is 0 Å². The zero-order valence-corrected chi connectivity index (χ0v) is 12.3. The van der Waals surface area contributed by atoms with Crippen molar-refractivity contribution in [3.05, 3.63) is 34.3 Å². The molecule has 1 aromatic carbocycles. The minimum Gasteiger partial charge on any atom is -0.408 e. The number of hydrogen-bond donors (Lipinski definition) is 2. The summed E-state index contributed by atoms with van der Waals surface area (Å²) in [6, 6.07) is 4.72. The van der Waals surface area contributed by atoms with E-state index in [1.807, 2.05) is 0 Å². The number of amides is 1. The molecule has 0 saturated carbocycles. The predicted molar refractivity (Wildman–Crippen MR) is 79.9 cm³/mol. The molecule has 22 heavy (non-hydrogen) atoms. The fourth-order valence-corrected chi connectivity index (χ4v) is 2.02.